The van der Waals surface area contributed by atoms with Crippen LogP contribution in [0.4, 0.5) is 0 Å². The summed E-state index contributed by atoms with van der Waals surface area (Å²) in [7, 11) is 1.71. The molecule has 1 N–H and O–H groups in total. The van der Waals surface area contributed by atoms with Gasteiger partial charge in [0.1, 0.15) is 11.5 Å². The van der Waals surface area contributed by atoms with E-state index in [-0.39, 0.29) is 11.8 Å². The first-order valence-corrected chi connectivity index (χ1v) is 5.06. The van der Waals surface area contributed by atoms with E-state index in [0.717, 1.165) is 0 Å². The summed E-state index contributed by atoms with van der Waals surface area (Å²) in [5.41, 5.74) is -0.832. The molecule has 2 rings (SSSR count). The van der Waals surface area contributed by atoms with Gasteiger partial charge in [0.15, 0.2) is 0 Å². The van der Waals surface area contributed by atoms with Crippen LogP contribution in [0, 0.1) is 16.7 Å². The van der Waals surface area contributed by atoms with Crippen LogP contribution in [0.3, 0.4) is 0 Å². The number of carbonyl (C=O) groups is 2. The van der Waals surface area contributed by atoms with Crippen molar-refractivity contribution in [2.45, 2.75) is 25.3 Å². The Labute approximate surface area is 88.0 Å². The third-order valence-corrected chi connectivity index (χ3v) is 3.13. The van der Waals surface area contributed by atoms with Crippen LogP contribution in [0.5, 0.6) is 0 Å². The first-order valence-electron chi connectivity index (χ1n) is 5.06. The predicted octanol–water partition coefficient (Wildman–Crippen LogP) is -0.363. The lowest BCUT2D eigenvalue weighted by Crippen LogP contribution is -2.43. The normalized spacial score (nSPS) is 27.3. The minimum Gasteiger partial charge on any atom is -0.344 e. The number of nitrogens with zero attached hydrogens (tertiary/aromatic N) is 2. The highest BCUT2D eigenvalue weighted by molar-refractivity contribution is 5.93. The van der Waals surface area contributed by atoms with E-state index in [9.17, 15) is 9.59 Å². The van der Waals surface area contributed by atoms with Crippen LogP contribution in [0.1, 0.15) is 19.3 Å². The Morgan fingerprint density at radius 1 is 1.67 bits per heavy atom. The fourth-order valence-corrected chi connectivity index (χ4v) is 1.77. The van der Waals surface area contributed by atoms with E-state index in [4.69, 9.17) is 5.26 Å². The van der Waals surface area contributed by atoms with E-state index in [1.54, 1.807) is 11.9 Å². The fourth-order valence-electron chi connectivity index (χ4n) is 1.77. The molecule has 0 aromatic heterocycles. The lowest BCUT2D eigenvalue weighted by molar-refractivity contribution is -0.133. The largest absolute Gasteiger partial charge is 0.344 e. The number of nitriles is 1. The fraction of sp³-hybridized carbons (Fsp3) is 0.700. The van der Waals surface area contributed by atoms with Crippen molar-refractivity contribution in [2.24, 2.45) is 5.41 Å². The molecule has 0 spiro atoms. The number of carbonyl (C=O) groups excluding carboxylic acids is 2. The Kier molecular flexibility index (Phi) is 2.14. The van der Waals surface area contributed by atoms with Crippen molar-refractivity contribution in [2.75, 3.05) is 13.6 Å². The molecule has 2 aliphatic rings. The second-order valence-electron chi connectivity index (χ2n) is 4.27. The van der Waals surface area contributed by atoms with Crippen LogP contribution in [-0.2, 0) is 9.59 Å². The molecule has 1 atom stereocenters. The van der Waals surface area contributed by atoms with Gasteiger partial charge in [-0.3, -0.25) is 9.59 Å². The van der Waals surface area contributed by atoms with Crippen molar-refractivity contribution in [1.82, 2.24) is 10.2 Å². The Morgan fingerprint density at radius 3 is 2.73 bits per heavy atom. The van der Waals surface area contributed by atoms with E-state index >= 15 is 0 Å². The molecule has 1 aliphatic carbocycles. The van der Waals surface area contributed by atoms with Crippen molar-refractivity contribution in [1.29, 1.82) is 5.26 Å². The maximum Gasteiger partial charge on any atom is 0.244 e. The molecule has 1 saturated heterocycles. The average Bonchev–Trinajstić information content (AvgIpc) is 2.97. The number of likely N-dealkylation sites (N-methyl/N-ethyl adjacent to an activating group) is 1. The summed E-state index contributed by atoms with van der Waals surface area (Å²) in [6.07, 6.45) is 1.88. The summed E-state index contributed by atoms with van der Waals surface area (Å²) >= 11 is 0. The Bertz CT molecular complexity index is 354. The molecule has 1 heterocycles. The quantitative estimate of drug-likeness (QED) is 0.671. The lowest BCUT2D eigenvalue weighted by atomic mass is 10.1. The lowest BCUT2D eigenvalue weighted by Gasteiger charge is -2.13. The topological polar surface area (TPSA) is 73.2 Å². The standard InChI is InChI=1S/C10H13N3O2/c1-13-5-2-7(8(13)14)12-9(15)10(6-11)3-4-10/h7H,2-5H2,1H3,(H,12,15). The second kappa shape index (κ2) is 3.23. The SMILES string of the molecule is CN1CCC(NC(=O)C2(C#N)CC2)C1=O. The first-order chi connectivity index (χ1) is 7.09. The van der Waals surface area contributed by atoms with Crippen molar-refractivity contribution in [3.05, 3.63) is 0 Å². The van der Waals surface area contributed by atoms with Gasteiger partial charge in [-0.1, -0.05) is 0 Å². The summed E-state index contributed by atoms with van der Waals surface area (Å²) < 4.78 is 0. The third-order valence-electron chi connectivity index (χ3n) is 3.13. The van der Waals surface area contributed by atoms with Gasteiger partial charge in [0.05, 0.1) is 6.07 Å². The van der Waals surface area contributed by atoms with Crippen molar-refractivity contribution in [3.63, 3.8) is 0 Å². The number of amides is 2. The maximum atomic E-state index is 11.7. The molecule has 1 saturated carbocycles. The smallest absolute Gasteiger partial charge is 0.244 e. The van der Waals surface area contributed by atoms with Gasteiger partial charge in [0, 0.05) is 13.6 Å². The van der Waals surface area contributed by atoms with E-state index in [1.165, 1.54) is 0 Å². The van der Waals surface area contributed by atoms with Gasteiger partial charge in [-0.05, 0) is 19.3 Å². The highest BCUT2D eigenvalue weighted by atomic mass is 16.2. The van der Waals surface area contributed by atoms with Crippen LogP contribution >= 0.6 is 0 Å². The third kappa shape index (κ3) is 1.56. The summed E-state index contributed by atoms with van der Waals surface area (Å²) in [6, 6.07) is 1.59. The van der Waals surface area contributed by atoms with Crippen LogP contribution in [0.2, 0.25) is 0 Å². The Balaban J connectivity index is 1.96. The average molecular weight is 207 g/mol. The zero-order valence-electron chi connectivity index (χ0n) is 8.62. The zero-order valence-corrected chi connectivity index (χ0v) is 8.62. The molecule has 15 heavy (non-hydrogen) atoms. The molecule has 1 aliphatic heterocycles. The highest BCUT2D eigenvalue weighted by Gasteiger charge is 2.51. The maximum absolute atomic E-state index is 11.7. The minimum atomic E-state index is -0.832. The monoisotopic (exact) mass is 207 g/mol. The summed E-state index contributed by atoms with van der Waals surface area (Å²) in [5, 5.41) is 11.5. The Hall–Kier alpha value is -1.57. The molecule has 5 nitrogen and oxygen atoms in total. The Morgan fingerprint density at radius 2 is 2.33 bits per heavy atom. The van der Waals surface area contributed by atoms with Gasteiger partial charge in [-0.15, -0.1) is 0 Å². The van der Waals surface area contributed by atoms with Gasteiger partial charge >= 0.3 is 0 Å². The highest BCUT2D eigenvalue weighted by Crippen LogP contribution is 2.45. The predicted molar refractivity (Wildman–Crippen MR) is 51.5 cm³/mol. The van der Waals surface area contributed by atoms with E-state index < -0.39 is 11.5 Å². The number of likely N-dealkylation sites (tertiary alicyclic amines) is 1. The van der Waals surface area contributed by atoms with Crippen molar-refractivity contribution < 1.29 is 9.59 Å². The number of rotatable bonds is 2. The number of nitrogens with one attached hydrogen (secondary N) is 1. The second-order valence-corrected chi connectivity index (χ2v) is 4.27. The van der Waals surface area contributed by atoms with Crippen LogP contribution in [-0.4, -0.2) is 36.3 Å². The summed E-state index contributed by atoms with van der Waals surface area (Å²) in [5.74, 6) is -0.337. The van der Waals surface area contributed by atoms with Gasteiger partial charge in [-0.2, -0.15) is 5.26 Å². The van der Waals surface area contributed by atoms with Gasteiger partial charge in [-0.25, -0.2) is 0 Å². The molecule has 0 bridgehead atoms. The van der Waals surface area contributed by atoms with Gasteiger partial charge < -0.3 is 10.2 Å². The van der Waals surface area contributed by atoms with Crippen molar-refractivity contribution in [3.8, 4) is 6.07 Å². The first kappa shape index (κ1) is 9.97. The number of hydrogen-bond acceptors (Lipinski definition) is 3. The van der Waals surface area contributed by atoms with E-state index in [2.05, 4.69) is 5.32 Å². The number of hydrogen-bond donors (Lipinski definition) is 1. The van der Waals surface area contributed by atoms with E-state index in [0.29, 0.717) is 25.8 Å². The van der Waals surface area contributed by atoms with Crippen LogP contribution in [0.15, 0.2) is 0 Å². The van der Waals surface area contributed by atoms with E-state index in [1.807, 2.05) is 6.07 Å². The summed E-state index contributed by atoms with van der Waals surface area (Å²) in [4.78, 5) is 24.8. The summed E-state index contributed by atoms with van der Waals surface area (Å²) in [6.45, 7) is 0.670. The molecule has 2 amide bonds. The minimum absolute atomic E-state index is 0.0583. The molecule has 5 heteroatoms. The molecule has 0 aromatic rings. The molecule has 0 aromatic carbocycles. The molecule has 2 fully saturated rings. The van der Waals surface area contributed by atoms with Crippen LogP contribution < -0.4 is 5.32 Å². The zero-order chi connectivity index (χ0) is 11.1. The van der Waals surface area contributed by atoms with Crippen LogP contribution in [0.25, 0.3) is 0 Å². The molecular formula is C10H13N3O2. The van der Waals surface area contributed by atoms with Crippen molar-refractivity contribution >= 4 is 11.8 Å². The molecular weight excluding hydrogens is 194 g/mol. The molecule has 0 radical (unpaired) electrons. The van der Waals surface area contributed by atoms with Gasteiger partial charge in [0.25, 0.3) is 0 Å². The van der Waals surface area contributed by atoms with Gasteiger partial charge in [0.2, 0.25) is 11.8 Å². The molecule has 80 valence electrons. The molecule has 1 unspecified atom stereocenters.